The van der Waals surface area contributed by atoms with Gasteiger partial charge in [0.05, 0.1) is 17.8 Å². The second kappa shape index (κ2) is 5.83. The average Bonchev–Trinajstić information content (AvgIpc) is 3.01. The van der Waals surface area contributed by atoms with E-state index in [2.05, 4.69) is 17.0 Å². The molecule has 0 atom stereocenters. The molecule has 3 heterocycles. The Balaban J connectivity index is 1.73. The zero-order valence-corrected chi connectivity index (χ0v) is 13.9. The van der Waals surface area contributed by atoms with Crippen molar-refractivity contribution < 1.29 is 9.59 Å². The van der Waals surface area contributed by atoms with Crippen LogP contribution in [0, 0.1) is 13.8 Å². The second-order valence-electron chi connectivity index (χ2n) is 6.64. The lowest BCUT2D eigenvalue weighted by atomic mass is 9.86. The zero-order chi connectivity index (χ0) is 16.6. The van der Waals surface area contributed by atoms with Crippen LogP contribution in [0.4, 0.5) is 0 Å². The predicted octanol–water partition coefficient (Wildman–Crippen LogP) is 1.57. The van der Waals surface area contributed by atoms with Gasteiger partial charge in [-0.15, -0.1) is 6.58 Å². The van der Waals surface area contributed by atoms with Crippen molar-refractivity contribution in [2.24, 2.45) is 0 Å². The van der Waals surface area contributed by atoms with Crippen LogP contribution in [-0.4, -0.2) is 45.1 Å². The molecule has 0 bridgehead atoms. The third-order valence-electron chi connectivity index (χ3n) is 5.14. The molecule has 0 aliphatic carbocycles. The molecule has 1 aromatic heterocycles. The van der Waals surface area contributed by atoms with Gasteiger partial charge in [0.15, 0.2) is 0 Å². The lowest BCUT2D eigenvalue weighted by Crippen LogP contribution is -2.52. The number of hydrogen-bond acceptors (Lipinski definition) is 3. The molecule has 0 unspecified atom stereocenters. The number of hydrogen-bond donors (Lipinski definition) is 1. The fourth-order valence-corrected chi connectivity index (χ4v) is 3.75. The molecule has 2 saturated heterocycles. The van der Waals surface area contributed by atoms with E-state index in [-0.39, 0.29) is 17.4 Å². The standard InChI is InChI=1S/C17H24N4O2/c1-4-9-21-13(3)15(12(2)19-21)16(23)20-10-7-17(8-11-20)6-5-14(22)18-17/h4H,1,5-11H2,2-3H3,(H,18,22). The Bertz CT molecular complexity index is 654. The topological polar surface area (TPSA) is 67.2 Å². The number of nitrogens with zero attached hydrogens (tertiary/aromatic N) is 3. The van der Waals surface area contributed by atoms with Gasteiger partial charge in [0.1, 0.15) is 0 Å². The van der Waals surface area contributed by atoms with Gasteiger partial charge in [-0.05, 0) is 33.1 Å². The summed E-state index contributed by atoms with van der Waals surface area (Å²) in [4.78, 5) is 26.3. The number of aryl methyl sites for hydroxylation is 1. The summed E-state index contributed by atoms with van der Waals surface area (Å²) in [7, 11) is 0. The van der Waals surface area contributed by atoms with Crippen LogP contribution in [0.2, 0.25) is 0 Å². The number of amides is 2. The fourth-order valence-electron chi connectivity index (χ4n) is 3.75. The van der Waals surface area contributed by atoms with Crippen molar-refractivity contribution in [1.82, 2.24) is 20.0 Å². The molecule has 6 heteroatoms. The number of piperidine rings is 1. The van der Waals surface area contributed by atoms with Gasteiger partial charge in [0, 0.05) is 30.7 Å². The molecule has 3 rings (SSSR count). The Morgan fingerprint density at radius 3 is 2.61 bits per heavy atom. The van der Waals surface area contributed by atoms with Crippen LogP contribution < -0.4 is 5.32 Å². The third-order valence-corrected chi connectivity index (χ3v) is 5.14. The molecule has 1 N–H and O–H groups in total. The van der Waals surface area contributed by atoms with E-state index >= 15 is 0 Å². The highest BCUT2D eigenvalue weighted by Gasteiger charge is 2.41. The van der Waals surface area contributed by atoms with E-state index in [9.17, 15) is 9.59 Å². The number of rotatable bonds is 3. The quantitative estimate of drug-likeness (QED) is 0.861. The van der Waals surface area contributed by atoms with Crippen molar-refractivity contribution in [3.05, 3.63) is 29.6 Å². The number of aromatic nitrogens is 2. The molecule has 2 aliphatic rings. The molecule has 23 heavy (non-hydrogen) atoms. The van der Waals surface area contributed by atoms with E-state index < -0.39 is 0 Å². The molecule has 1 aromatic rings. The first-order valence-corrected chi connectivity index (χ1v) is 8.21. The highest BCUT2D eigenvalue weighted by Crippen LogP contribution is 2.32. The van der Waals surface area contributed by atoms with Gasteiger partial charge in [0.2, 0.25) is 5.91 Å². The monoisotopic (exact) mass is 316 g/mol. The maximum atomic E-state index is 12.9. The van der Waals surface area contributed by atoms with Crippen LogP contribution in [-0.2, 0) is 11.3 Å². The summed E-state index contributed by atoms with van der Waals surface area (Å²) >= 11 is 0. The predicted molar refractivity (Wildman–Crippen MR) is 87.1 cm³/mol. The number of nitrogens with one attached hydrogen (secondary N) is 1. The lowest BCUT2D eigenvalue weighted by Gasteiger charge is -2.39. The second-order valence-corrected chi connectivity index (χ2v) is 6.64. The Morgan fingerprint density at radius 1 is 1.35 bits per heavy atom. The van der Waals surface area contributed by atoms with Crippen molar-refractivity contribution in [2.75, 3.05) is 13.1 Å². The molecule has 2 amide bonds. The first-order valence-electron chi connectivity index (χ1n) is 8.21. The van der Waals surface area contributed by atoms with Crippen LogP contribution in [0.5, 0.6) is 0 Å². The molecule has 6 nitrogen and oxygen atoms in total. The normalized spacial score (nSPS) is 19.9. The summed E-state index contributed by atoms with van der Waals surface area (Å²) in [5.41, 5.74) is 2.29. The summed E-state index contributed by atoms with van der Waals surface area (Å²) in [6, 6.07) is 0. The van der Waals surface area contributed by atoms with Crippen LogP contribution in [0.1, 0.15) is 47.4 Å². The summed E-state index contributed by atoms with van der Waals surface area (Å²) in [6.07, 6.45) is 4.96. The number of likely N-dealkylation sites (tertiary alicyclic amines) is 1. The maximum Gasteiger partial charge on any atom is 0.257 e. The largest absolute Gasteiger partial charge is 0.351 e. The lowest BCUT2D eigenvalue weighted by molar-refractivity contribution is -0.120. The van der Waals surface area contributed by atoms with Crippen molar-refractivity contribution in [1.29, 1.82) is 0 Å². The van der Waals surface area contributed by atoms with E-state index in [1.807, 2.05) is 23.4 Å². The maximum absolute atomic E-state index is 12.9. The van der Waals surface area contributed by atoms with Crippen molar-refractivity contribution in [2.45, 2.75) is 51.6 Å². The molecule has 124 valence electrons. The van der Waals surface area contributed by atoms with Crippen molar-refractivity contribution >= 4 is 11.8 Å². The minimum Gasteiger partial charge on any atom is -0.351 e. The first-order chi connectivity index (χ1) is 11.0. The fraction of sp³-hybridized carbons (Fsp3) is 0.588. The van der Waals surface area contributed by atoms with Crippen molar-refractivity contribution in [3.63, 3.8) is 0 Å². The average molecular weight is 316 g/mol. The number of carbonyl (C=O) groups is 2. The van der Waals surface area contributed by atoms with Gasteiger partial charge in [-0.2, -0.15) is 5.10 Å². The zero-order valence-electron chi connectivity index (χ0n) is 13.9. The Labute approximate surface area is 136 Å². The van der Waals surface area contributed by atoms with Gasteiger partial charge in [-0.1, -0.05) is 6.08 Å². The van der Waals surface area contributed by atoms with Gasteiger partial charge < -0.3 is 10.2 Å². The van der Waals surface area contributed by atoms with Gasteiger partial charge in [-0.25, -0.2) is 0 Å². The van der Waals surface area contributed by atoms with Gasteiger partial charge >= 0.3 is 0 Å². The van der Waals surface area contributed by atoms with E-state index in [0.717, 1.165) is 30.7 Å². The van der Waals surface area contributed by atoms with E-state index in [4.69, 9.17) is 0 Å². The summed E-state index contributed by atoms with van der Waals surface area (Å²) < 4.78 is 1.82. The van der Waals surface area contributed by atoms with Crippen molar-refractivity contribution in [3.8, 4) is 0 Å². The van der Waals surface area contributed by atoms with Gasteiger partial charge in [0.25, 0.3) is 5.91 Å². The Kier molecular flexibility index (Phi) is 4.00. The molecule has 2 aliphatic heterocycles. The Morgan fingerprint density at radius 2 is 2.04 bits per heavy atom. The molecule has 2 fully saturated rings. The minimum atomic E-state index is -0.0784. The summed E-state index contributed by atoms with van der Waals surface area (Å²) in [5, 5.41) is 7.55. The number of carbonyl (C=O) groups excluding carboxylic acids is 2. The van der Waals surface area contributed by atoms with Crippen LogP contribution in [0.15, 0.2) is 12.7 Å². The third kappa shape index (κ3) is 2.78. The van der Waals surface area contributed by atoms with Crippen LogP contribution in [0.3, 0.4) is 0 Å². The molecule has 0 radical (unpaired) electrons. The van der Waals surface area contributed by atoms with E-state index in [1.165, 1.54) is 0 Å². The summed E-state index contributed by atoms with van der Waals surface area (Å²) in [6.45, 7) is 9.51. The molecule has 1 spiro atoms. The number of allylic oxidation sites excluding steroid dienone is 1. The smallest absolute Gasteiger partial charge is 0.257 e. The highest BCUT2D eigenvalue weighted by molar-refractivity contribution is 5.96. The molecule has 0 aromatic carbocycles. The highest BCUT2D eigenvalue weighted by atomic mass is 16.2. The first kappa shape index (κ1) is 15.8. The van der Waals surface area contributed by atoms with Crippen LogP contribution in [0.25, 0.3) is 0 Å². The SMILES string of the molecule is C=CCn1nc(C)c(C(=O)N2CCC3(CCC(=O)N3)CC2)c1C. The minimum absolute atomic E-state index is 0.0504. The van der Waals surface area contributed by atoms with E-state index in [1.54, 1.807) is 6.08 Å². The molecule has 0 saturated carbocycles. The van der Waals surface area contributed by atoms with E-state index in [0.29, 0.717) is 31.6 Å². The summed E-state index contributed by atoms with van der Waals surface area (Å²) in [5.74, 6) is 0.191. The van der Waals surface area contributed by atoms with Crippen LogP contribution >= 0.6 is 0 Å². The van der Waals surface area contributed by atoms with Gasteiger partial charge in [-0.3, -0.25) is 14.3 Å². The Hall–Kier alpha value is -2.11. The molecular weight excluding hydrogens is 292 g/mol. The molecular formula is C17H24N4O2.